The highest BCUT2D eigenvalue weighted by molar-refractivity contribution is 5.70. The molecule has 0 aliphatic heterocycles. The zero-order chi connectivity index (χ0) is 35.0. The van der Waals surface area contributed by atoms with Gasteiger partial charge in [-0.25, -0.2) is 0 Å². The molecule has 0 radical (unpaired) electrons. The fourth-order valence-corrected chi connectivity index (χ4v) is 5.09. The molecule has 0 aromatic carbocycles. The molecule has 0 amide bonds. The van der Waals surface area contributed by atoms with Crippen molar-refractivity contribution in [2.75, 3.05) is 19.8 Å². The van der Waals surface area contributed by atoms with Crippen molar-refractivity contribution in [3.8, 4) is 0 Å². The molecule has 0 fully saturated rings. The van der Waals surface area contributed by atoms with Crippen LogP contribution in [0, 0.1) is 0 Å². The maximum absolute atomic E-state index is 12.6. The van der Waals surface area contributed by atoms with E-state index in [-0.39, 0.29) is 25.2 Å². The molecule has 1 unspecified atom stereocenters. The van der Waals surface area contributed by atoms with Gasteiger partial charge in [0.2, 0.25) is 0 Å². The minimum Gasteiger partial charge on any atom is -0.462 e. The van der Waals surface area contributed by atoms with E-state index in [1.54, 1.807) is 0 Å². The predicted octanol–water partition coefficient (Wildman–Crippen LogP) is 12.7. The van der Waals surface area contributed by atoms with Gasteiger partial charge in [0.05, 0.1) is 6.61 Å². The van der Waals surface area contributed by atoms with Crippen LogP contribution >= 0.6 is 0 Å². The van der Waals surface area contributed by atoms with Gasteiger partial charge in [0.1, 0.15) is 6.61 Å². The number of hydrogen-bond donors (Lipinski definition) is 0. The second-order valence-electron chi connectivity index (χ2n) is 12.8. The highest BCUT2D eigenvalue weighted by atomic mass is 16.6. The van der Waals surface area contributed by atoms with E-state index in [0.717, 1.165) is 96.3 Å². The van der Waals surface area contributed by atoms with Gasteiger partial charge in [-0.15, -0.1) is 0 Å². The molecule has 0 spiro atoms. The van der Waals surface area contributed by atoms with Crippen molar-refractivity contribution in [2.45, 2.75) is 181 Å². The lowest BCUT2D eigenvalue weighted by Gasteiger charge is -2.18. The second-order valence-corrected chi connectivity index (χ2v) is 12.8. The van der Waals surface area contributed by atoms with Crippen LogP contribution in [-0.2, 0) is 23.8 Å². The van der Waals surface area contributed by atoms with Crippen LogP contribution in [0.1, 0.15) is 175 Å². The van der Waals surface area contributed by atoms with Crippen molar-refractivity contribution in [2.24, 2.45) is 0 Å². The van der Waals surface area contributed by atoms with Crippen molar-refractivity contribution in [1.29, 1.82) is 0 Å². The Morgan fingerprint density at radius 2 is 0.979 bits per heavy atom. The van der Waals surface area contributed by atoms with Gasteiger partial charge in [0.25, 0.3) is 0 Å². The van der Waals surface area contributed by atoms with E-state index in [2.05, 4.69) is 81.5 Å². The van der Waals surface area contributed by atoms with Crippen LogP contribution in [0.15, 0.2) is 60.8 Å². The van der Waals surface area contributed by atoms with Crippen molar-refractivity contribution in [3.05, 3.63) is 60.8 Å². The average molecular weight is 671 g/mol. The molecule has 5 heteroatoms. The summed E-state index contributed by atoms with van der Waals surface area (Å²) in [7, 11) is 0. The van der Waals surface area contributed by atoms with Gasteiger partial charge in [-0.1, -0.05) is 146 Å². The maximum atomic E-state index is 12.6. The quantitative estimate of drug-likeness (QED) is 0.0381. The molecule has 276 valence electrons. The zero-order valence-corrected chi connectivity index (χ0v) is 31.5. The maximum Gasteiger partial charge on any atom is 0.306 e. The fraction of sp³-hybridized carbons (Fsp3) is 0.721. The van der Waals surface area contributed by atoms with Gasteiger partial charge in [-0.2, -0.15) is 0 Å². The molecule has 1 atom stereocenters. The van der Waals surface area contributed by atoms with Crippen LogP contribution in [0.2, 0.25) is 0 Å². The molecule has 0 saturated heterocycles. The van der Waals surface area contributed by atoms with Gasteiger partial charge >= 0.3 is 11.9 Å². The number of hydrogen-bond acceptors (Lipinski definition) is 5. The number of rotatable bonds is 35. The third kappa shape index (κ3) is 36.4. The molecule has 0 heterocycles. The SMILES string of the molecule is CC/C=C\C/C=C\C/C=C\CCCCCC(=O)OCC(COCCCCCCCC)OC(=O)CCCCCCC/C=C\C/C=C\CCC. The van der Waals surface area contributed by atoms with Crippen LogP contribution in [0.3, 0.4) is 0 Å². The first-order valence-electron chi connectivity index (χ1n) is 19.8. The Morgan fingerprint density at radius 1 is 0.479 bits per heavy atom. The number of carbonyl (C=O) groups is 2. The van der Waals surface area contributed by atoms with Crippen molar-refractivity contribution < 1.29 is 23.8 Å². The van der Waals surface area contributed by atoms with Crippen molar-refractivity contribution >= 4 is 11.9 Å². The zero-order valence-electron chi connectivity index (χ0n) is 31.5. The Balaban J connectivity index is 4.25. The molecule has 0 aromatic rings. The summed E-state index contributed by atoms with van der Waals surface area (Å²) in [6.45, 7) is 7.54. The largest absolute Gasteiger partial charge is 0.462 e. The Labute approximate surface area is 296 Å². The molecule has 0 aliphatic carbocycles. The summed E-state index contributed by atoms with van der Waals surface area (Å²) in [5, 5.41) is 0. The van der Waals surface area contributed by atoms with Crippen LogP contribution in [0.4, 0.5) is 0 Å². The average Bonchev–Trinajstić information content (AvgIpc) is 3.08. The Kier molecular flexibility index (Phi) is 37.1. The Hall–Kier alpha value is -2.40. The number of carbonyl (C=O) groups excluding carboxylic acids is 2. The van der Waals surface area contributed by atoms with Crippen LogP contribution in [0.5, 0.6) is 0 Å². The smallest absolute Gasteiger partial charge is 0.306 e. The van der Waals surface area contributed by atoms with Crippen LogP contribution in [0.25, 0.3) is 0 Å². The Bertz CT molecular complexity index is 853. The topological polar surface area (TPSA) is 61.8 Å². The highest BCUT2D eigenvalue weighted by Crippen LogP contribution is 2.11. The predicted molar refractivity (Wildman–Crippen MR) is 205 cm³/mol. The number of ether oxygens (including phenoxy) is 3. The number of esters is 2. The second kappa shape index (κ2) is 39.0. The molecule has 0 N–H and O–H groups in total. The van der Waals surface area contributed by atoms with E-state index in [9.17, 15) is 9.59 Å². The van der Waals surface area contributed by atoms with E-state index in [1.165, 1.54) is 44.9 Å². The highest BCUT2D eigenvalue weighted by Gasteiger charge is 2.17. The van der Waals surface area contributed by atoms with E-state index in [1.807, 2.05) is 0 Å². The molecular formula is C43H74O5. The molecule has 5 nitrogen and oxygen atoms in total. The standard InChI is InChI=1S/C43H74O5/c1-4-7-10-13-16-18-20-22-24-26-28-30-33-36-42(44)47-40-41(39-46-38-35-32-15-12-9-6-3)48-43(45)37-34-31-29-27-25-23-21-19-17-14-11-8-5-2/h7,10-11,14,16,18-19,21-22,24,41H,4-6,8-9,12-13,15,17,20,23,25-40H2,1-3H3/b10-7-,14-11-,18-16-,21-19-,24-22-. The summed E-state index contributed by atoms with van der Waals surface area (Å²) >= 11 is 0. The monoisotopic (exact) mass is 671 g/mol. The summed E-state index contributed by atoms with van der Waals surface area (Å²) in [6.07, 6.45) is 46.5. The summed E-state index contributed by atoms with van der Waals surface area (Å²) in [5.74, 6) is -0.456. The minimum atomic E-state index is -0.549. The summed E-state index contributed by atoms with van der Waals surface area (Å²) in [5.41, 5.74) is 0. The van der Waals surface area contributed by atoms with Crippen LogP contribution < -0.4 is 0 Å². The molecule has 48 heavy (non-hydrogen) atoms. The van der Waals surface area contributed by atoms with Gasteiger partial charge in [0, 0.05) is 19.4 Å². The van der Waals surface area contributed by atoms with Crippen LogP contribution in [-0.4, -0.2) is 37.9 Å². The number of unbranched alkanes of at least 4 members (excludes halogenated alkanes) is 14. The molecule has 0 aliphatic rings. The van der Waals surface area contributed by atoms with Gasteiger partial charge in [-0.05, 0) is 77.0 Å². The van der Waals surface area contributed by atoms with Crippen molar-refractivity contribution in [3.63, 3.8) is 0 Å². The van der Waals surface area contributed by atoms with Gasteiger partial charge in [0.15, 0.2) is 6.10 Å². The van der Waals surface area contributed by atoms with E-state index in [0.29, 0.717) is 19.4 Å². The van der Waals surface area contributed by atoms with Crippen molar-refractivity contribution in [1.82, 2.24) is 0 Å². The lowest BCUT2D eigenvalue weighted by molar-refractivity contribution is -0.163. The van der Waals surface area contributed by atoms with E-state index in [4.69, 9.17) is 14.2 Å². The van der Waals surface area contributed by atoms with E-state index < -0.39 is 6.10 Å². The minimum absolute atomic E-state index is 0.0630. The third-order valence-electron chi connectivity index (χ3n) is 8.02. The lowest BCUT2D eigenvalue weighted by Crippen LogP contribution is -2.30. The first-order valence-corrected chi connectivity index (χ1v) is 19.8. The van der Waals surface area contributed by atoms with Gasteiger partial charge < -0.3 is 14.2 Å². The molecule has 0 bridgehead atoms. The summed E-state index contributed by atoms with van der Waals surface area (Å²) in [4.78, 5) is 25.0. The number of allylic oxidation sites excluding steroid dienone is 10. The first kappa shape index (κ1) is 45.6. The molecular weight excluding hydrogens is 596 g/mol. The molecule has 0 aromatic heterocycles. The molecule has 0 rings (SSSR count). The Morgan fingerprint density at radius 3 is 1.60 bits per heavy atom. The lowest BCUT2D eigenvalue weighted by atomic mass is 10.1. The van der Waals surface area contributed by atoms with E-state index >= 15 is 0 Å². The third-order valence-corrected chi connectivity index (χ3v) is 8.02. The first-order chi connectivity index (χ1) is 23.6. The molecule has 0 saturated carbocycles. The normalized spacial score (nSPS) is 12.8. The summed E-state index contributed by atoms with van der Waals surface area (Å²) in [6, 6.07) is 0. The summed E-state index contributed by atoms with van der Waals surface area (Å²) < 4.78 is 17.1. The van der Waals surface area contributed by atoms with Gasteiger partial charge in [-0.3, -0.25) is 9.59 Å². The fourth-order valence-electron chi connectivity index (χ4n) is 5.09.